The average Bonchev–Trinajstić information content (AvgIpc) is 2.39. The van der Waals surface area contributed by atoms with E-state index in [2.05, 4.69) is 29.8 Å². The molecule has 1 aromatic heterocycles. The lowest BCUT2D eigenvalue weighted by Crippen LogP contribution is -2.27. The molecule has 0 unspecified atom stereocenters. The maximum Gasteiger partial charge on any atom is 0.0442 e. The fourth-order valence-corrected chi connectivity index (χ4v) is 1.94. The van der Waals surface area contributed by atoms with E-state index in [0.717, 1.165) is 18.7 Å². The monoisotopic (exact) mass is 235 g/mol. The summed E-state index contributed by atoms with van der Waals surface area (Å²) in [5, 5.41) is 0. The SMILES string of the molecule is CCCCN(CCCC)c1ccncc1CN. The zero-order chi connectivity index (χ0) is 12.5. The number of nitrogens with two attached hydrogens (primary N) is 1. The quantitative estimate of drug-likeness (QED) is 0.753. The second-order valence-corrected chi connectivity index (χ2v) is 4.40. The first-order valence-electron chi connectivity index (χ1n) is 6.71. The molecule has 0 spiro atoms. The molecule has 0 aliphatic heterocycles. The normalized spacial score (nSPS) is 10.5. The van der Waals surface area contributed by atoms with Crippen molar-refractivity contribution in [2.24, 2.45) is 5.73 Å². The van der Waals surface area contributed by atoms with Gasteiger partial charge in [0.25, 0.3) is 0 Å². The minimum atomic E-state index is 0.567. The third kappa shape index (κ3) is 4.35. The van der Waals surface area contributed by atoms with Crippen LogP contribution in [0.2, 0.25) is 0 Å². The number of nitrogens with zero attached hydrogens (tertiary/aromatic N) is 2. The van der Waals surface area contributed by atoms with Gasteiger partial charge in [0.2, 0.25) is 0 Å². The summed E-state index contributed by atoms with van der Waals surface area (Å²) in [6.45, 7) is 7.27. The highest BCUT2D eigenvalue weighted by Crippen LogP contribution is 2.20. The Labute approximate surface area is 105 Å². The molecule has 0 aromatic carbocycles. The van der Waals surface area contributed by atoms with E-state index in [-0.39, 0.29) is 0 Å². The van der Waals surface area contributed by atoms with Crippen LogP contribution in [-0.2, 0) is 6.54 Å². The fraction of sp³-hybridized carbons (Fsp3) is 0.643. The summed E-state index contributed by atoms with van der Waals surface area (Å²) >= 11 is 0. The molecule has 1 rings (SSSR count). The van der Waals surface area contributed by atoms with Crippen LogP contribution in [0.3, 0.4) is 0 Å². The van der Waals surface area contributed by atoms with Crippen molar-refractivity contribution >= 4 is 5.69 Å². The van der Waals surface area contributed by atoms with Gasteiger partial charge in [-0.3, -0.25) is 4.98 Å². The summed E-state index contributed by atoms with van der Waals surface area (Å²) in [6, 6.07) is 2.09. The smallest absolute Gasteiger partial charge is 0.0442 e. The molecule has 0 amide bonds. The van der Waals surface area contributed by atoms with Gasteiger partial charge in [-0.25, -0.2) is 0 Å². The van der Waals surface area contributed by atoms with Crippen LogP contribution in [0, 0.1) is 0 Å². The van der Waals surface area contributed by atoms with Crippen molar-refractivity contribution < 1.29 is 0 Å². The summed E-state index contributed by atoms with van der Waals surface area (Å²) in [6.07, 6.45) is 8.67. The Morgan fingerprint density at radius 3 is 2.35 bits per heavy atom. The van der Waals surface area contributed by atoms with Crippen LogP contribution >= 0.6 is 0 Å². The van der Waals surface area contributed by atoms with Gasteiger partial charge >= 0.3 is 0 Å². The first-order valence-corrected chi connectivity index (χ1v) is 6.71. The van der Waals surface area contributed by atoms with Gasteiger partial charge in [-0.15, -0.1) is 0 Å². The maximum atomic E-state index is 5.78. The minimum absolute atomic E-state index is 0.567. The molecule has 0 saturated carbocycles. The van der Waals surface area contributed by atoms with Crippen molar-refractivity contribution in [3.63, 3.8) is 0 Å². The molecule has 96 valence electrons. The van der Waals surface area contributed by atoms with Crippen molar-refractivity contribution in [3.8, 4) is 0 Å². The molecule has 17 heavy (non-hydrogen) atoms. The van der Waals surface area contributed by atoms with Crippen LogP contribution in [0.1, 0.15) is 45.1 Å². The van der Waals surface area contributed by atoms with E-state index in [9.17, 15) is 0 Å². The van der Waals surface area contributed by atoms with Crippen LogP contribution in [0.4, 0.5) is 5.69 Å². The Morgan fingerprint density at radius 1 is 1.18 bits per heavy atom. The van der Waals surface area contributed by atoms with Gasteiger partial charge in [-0.05, 0) is 18.9 Å². The van der Waals surface area contributed by atoms with Gasteiger partial charge in [0, 0.05) is 43.3 Å². The van der Waals surface area contributed by atoms with Crippen LogP contribution in [-0.4, -0.2) is 18.1 Å². The zero-order valence-corrected chi connectivity index (χ0v) is 11.2. The lowest BCUT2D eigenvalue weighted by Gasteiger charge is -2.26. The molecular formula is C14H25N3. The van der Waals surface area contributed by atoms with Crippen molar-refractivity contribution in [1.82, 2.24) is 4.98 Å². The number of hydrogen-bond donors (Lipinski definition) is 1. The summed E-state index contributed by atoms with van der Waals surface area (Å²) < 4.78 is 0. The number of pyridine rings is 1. The van der Waals surface area contributed by atoms with Gasteiger partial charge in [-0.1, -0.05) is 26.7 Å². The molecule has 0 bridgehead atoms. The molecule has 3 heteroatoms. The summed E-state index contributed by atoms with van der Waals surface area (Å²) in [5.41, 5.74) is 8.20. The lowest BCUT2D eigenvalue weighted by atomic mass is 10.2. The van der Waals surface area contributed by atoms with E-state index in [0.29, 0.717) is 6.54 Å². The first-order chi connectivity index (χ1) is 8.33. The average molecular weight is 235 g/mol. The molecule has 0 aliphatic rings. The second-order valence-electron chi connectivity index (χ2n) is 4.40. The summed E-state index contributed by atoms with van der Waals surface area (Å²) in [7, 11) is 0. The van der Waals surface area contributed by atoms with Crippen molar-refractivity contribution in [1.29, 1.82) is 0 Å². The Kier molecular flexibility index (Phi) is 6.63. The van der Waals surface area contributed by atoms with Crippen molar-refractivity contribution in [2.45, 2.75) is 46.1 Å². The van der Waals surface area contributed by atoms with E-state index in [4.69, 9.17) is 5.73 Å². The fourth-order valence-electron chi connectivity index (χ4n) is 1.94. The Hall–Kier alpha value is -1.09. The zero-order valence-electron chi connectivity index (χ0n) is 11.2. The molecule has 0 radical (unpaired) electrons. The van der Waals surface area contributed by atoms with Gasteiger partial charge < -0.3 is 10.6 Å². The third-order valence-corrected chi connectivity index (χ3v) is 3.00. The van der Waals surface area contributed by atoms with E-state index in [1.54, 1.807) is 0 Å². The molecule has 0 saturated heterocycles. The molecule has 2 N–H and O–H groups in total. The van der Waals surface area contributed by atoms with Crippen molar-refractivity contribution in [2.75, 3.05) is 18.0 Å². The van der Waals surface area contributed by atoms with Crippen LogP contribution in [0.15, 0.2) is 18.5 Å². The summed E-state index contributed by atoms with van der Waals surface area (Å²) in [4.78, 5) is 6.61. The number of anilines is 1. The highest BCUT2D eigenvalue weighted by atomic mass is 15.1. The standard InChI is InChI=1S/C14H25N3/c1-3-5-9-17(10-6-4-2)14-7-8-16-12-13(14)11-15/h7-8,12H,3-6,9-11,15H2,1-2H3. The Bertz CT molecular complexity index is 304. The molecule has 1 heterocycles. The minimum Gasteiger partial charge on any atom is -0.371 e. The van der Waals surface area contributed by atoms with E-state index in [1.165, 1.54) is 31.4 Å². The number of unbranched alkanes of at least 4 members (excludes halogenated alkanes) is 2. The van der Waals surface area contributed by atoms with E-state index >= 15 is 0 Å². The van der Waals surface area contributed by atoms with Crippen LogP contribution in [0.25, 0.3) is 0 Å². The number of aromatic nitrogens is 1. The summed E-state index contributed by atoms with van der Waals surface area (Å²) in [5.74, 6) is 0. The van der Waals surface area contributed by atoms with E-state index in [1.807, 2.05) is 12.4 Å². The van der Waals surface area contributed by atoms with Gasteiger partial charge in [-0.2, -0.15) is 0 Å². The van der Waals surface area contributed by atoms with Gasteiger partial charge in [0.1, 0.15) is 0 Å². The largest absolute Gasteiger partial charge is 0.371 e. The molecular weight excluding hydrogens is 210 g/mol. The highest BCUT2D eigenvalue weighted by Gasteiger charge is 2.09. The Morgan fingerprint density at radius 2 is 1.82 bits per heavy atom. The number of hydrogen-bond acceptors (Lipinski definition) is 3. The molecule has 0 aliphatic carbocycles. The predicted octanol–water partition coefficient (Wildman–Crippen LogP) is 2.95. The first kappa shape index (κ1) is 14.0. The number of rotatable bonds is 8. The predicted molar refractivity (Wildman–Crippen MR) is 74.2 cm³/mol. The van der Waals surface area contributed by atoms with Crippen LogP contribution < -0.4 is 10.6 Å². The van der Waals surface area contributed by atoms with Crippen molar-refractivity contribution in [3.05, 3.63) is 24.0 Å². The molecule has 3 nitrogen and oxygen atoms in total. The van der Waals surface area contributed by atoms with Gasteiger partial charge in [0.15, 0.2) is 0 Å². The Balaban J connectivity index is 2.78. The molecule has 0 atom stereocenters. The topological polar surface area (TPSA) is 42.2 Å². The molecule has 0 fully saturated rings. The van der Waals surface area contributed by atoms with Crippen LogP contribution in [0.5, 0.6) is 0 Å². The second kappa shape index (κ2) is 8.07. The highest BCUT2D eigenvalue weighted by molar-refractivity contribution is 5.52. The third-order valence-electron chi connectivity index (χ3n) is 3.00. The van der Waals surface area contributed by atoms with Gasteiger partial charge in [0.05, 0.1) is 0 Å². The lowest BCUT2D eigenvalue weighted by molar-refractivity contribution is 0.675. The maximum absolute atomic E-state index is 5.78. The van der Waals surface area contributed by atoms with E-state index < -0.39 is 0 Å². The molecule has 1 aromatic rings.